The van der Waals surface area contributed by atoms with Gasteiger partial charge in [0.15, 0.2) is 0 Å². The molecule has 0 saturated carbocycles. The van der Waals surface area contributed by atoms with Crippen LogP contribution in [-0.2, 0) is 6.54 Å². The van der Waals surface area contributed by atoms with Crippen LogP contribution in [0.2, 0.25) is 0 Å². The fourth-order valence-electron chi connectivity index (χ4n) is 2.65. The van der Waals surface area contributed by atoms with Crippen LogP contribution in [0.4, 0.5) is 10.5 Å². The molecular formula is C19H24N6O. The fourth-order valence-corrected chi connectivity index (χ4v) is 2.65. The van der Waals surface area contributed by atoms with Crippen LogP contribution in [0.5, 0.6) is 0 Å². The van der Waals surface area contributed by atoms with Crippen molar-refractivity contribution in [2.45, 2.75) is 33.4 Å². The summed E-state index contributed by atoms with van der Waals surface area (Å²) in [5.74, 6) is 0. The lowest BCUT2D eigenvalue weighted by Gasteiger charge is -2.31. The van der Waals surface area contributed by atoms with Crippen molar-refractivity contribution in [1.82, 2.24) is 25.1 Å². The van der Waals surface area contributed by atoms with E-state index in [-0.39, 0.29) is 17.5 Å². The normalized spacial score (nSPS) is 12.6. The Hall–Kier alpha value is -3.09. The SMILES string of the molecule is CC(C)(C)C(Cn1ccnc1)NC(=O)Nc1cccc(-c2ccn[nH]2)c1. The predicted octanol–water partition coefficient (Wildman–Crippen LogP) is 3.51. The Bertz CT molecular complexity index is 833. The third-order valence-electron chi connectivity index (χ3n) is 4.24. The van der Waals surface area contributed by atoms with E-state index in [2.05, 4.69) is 46.6 Å². The van der Waals surface area contributed by atoms with Crippen molar-refractivity contribution < 1.29 is 4.79 Å². The fraction of sp³-hybridized carbons (Fsp3) is 0.316. The average Bonchev–Trinajstić information content (AvgIpc) is 3.27. The summed E-state index contributed by atoms with van der Waals surface area (Å²) in [4.78, 5) is 16.6. The van der Waals surface area contributed by atoms with Crippen molar-refractivity contribution in [2.24, 2.45) is 5.41 Å². The number of anilines is 1. The molecule has 0 aliphatic rings. The molecule has 0 aliphatic carbocycles. The van der Waals surface area contributed by atoms with Gasteiger partial charge in [-0.3, -0.25) is 5.10 Å². The van der Waals surface area contributed by atoms with E-state index in [4.69, 9.17) is 0 Å². The van der Waals surface area contributed by atoms with E-state index in [0.29, 0.717) is 6.54 Å². The topological polar surface area (TPSA) is 87.6 Å². The molecule has 136 valence electrons. The molecule has 2 aromatic heterocycles. The molecular weight excluding hydrogens is 328 g/mol. The molecule has 26 heavy (non-hydrogen) atoms. The molecule has 1 atom stereocenters. The minimum atomic E-state index is -0.230. The first-order valence-corrected chi connectivity index (χ1v) is 8.55. The number of benzene rings is 1. The Morgan fingerprint density at radius 2 is 2.12 bits per heavy atom. The zero-order valence-electron chi connectivity index (χ0n) is 15.2. The number of amides is 2. The van der Waals surface area contributed by atoms with Gasteiger partial charge in [-0.05, 0) is 23.6 Å². The molecule has 1 unspecified atom stereocenters. The highest BCUT2D eigenvalue weighted by Crippen LogP contribution is 2.22. The van der Waals surface area contributed by atoms with Crippen LogP contribution in [-0.4, -0.2) is 31.8 Å². The Morgan fingerprint density at radius 1 is 1.27 bits per heavy atom. The van der Waals surface area contributed by atoms with Gasteiger partial charge in [0, 0.05) is 36.4 Å². The monoisotopic (exact) mass is 352 g/mol. The van der Waals surface area contributed by atoms with E-state index in [1.807, 2.05) is 41.1 Å². The number of carbonyl (C=O) groups excluding carboxylic acids is 1. The van der Waals surface area contributed by atoms with Crippen LogP contribution < -0.4 is 10.6 Å². The Balaban J connectivity index is 1.67. The van der Waals surface area contributed by atoms with Gasteiger partial charge in [-0.25, -0.2) is 9.78 Å². The lowest BCUT2D eigenvalue weighted by molar-refractivity contribution is 0.219. The van der Waals surface area contributed by atoms with Crippen molar-refractivity contribution in [2.75, 3.05) is 5.32 Å². The standard InChI is InChI=1S/C19H24N6O/c1-19(2,3)17(12-25-10-9-20-13-25)23-18(26)22-15-6-4-5-14(11-15)16-7-8-21-24-16/h4-11,13,17H,12H2,1-3H3,(H,21,24)(H2,22,23,26). The van der Waals surface area contributed by atoms with E-state index < -0.39 is 0 Å². The number of urea groups is 1. The smallest absolute Gasteiger partial charge is 0.319 e. The van der Waals surface area contributed by atoms with Crippen LogP contribution in [0.25, 0.3) is 11.3 Å². The molecule has 0 radical (unpaired) electrons. The highest BCUT2D eigenvalue weighted by Gasteiger charge is 2.26. The van der Waals surface area contributed by atoms with E-state index in [1.165, 1.54) is 0 Å². The summed E-state index contributed by atoms with van der Waals surface area (Å²) in [7, 11) is 0. The Morgan fingerprint density at radius 3 is 2.77 bits per heavy atom. The summed E-state index contributed by atoms with van der Waals surface area (Å²) in [5.41, 5.74) is 2.50. The summed E-state index contributed by atoms with van der Waals surface area (Å²) >= 11 is 0. The first-order chi connectivity index (χ1) is 12.4. The van der Waals surface area contributed by atoms with Crippen LogP contribution in [0.15, 0.2) is 55.2 Å². The molecule has 0 saturated heterocycles. The maximum atomic E-state index is 12.5. The summed E-state index contributed by atoms with van der Waals surface area (Å²) in [6, 6.07) is 9.25. The minimum absolute atomic E-state index is 0.0486. The summed E-state index contributed by atoms with van der Waals surface area (Å²) in [6.07, 6.45) is 7.09. The van der Waals surface area contributed by atoms with Gasteiger partial charge in [-0.2, -0.15) is 5.10 Å². The van der Waals surface area contributed by atoms with Crippen LogP contribution in [0.3, 0.4) is 0 Å². The minimum Gasteiger partial charge on any atom is -0.335 e. The number of aromatic nitrogens is 4. The second-order valence-corrected chi connectivity index (χ2v) is 7.33. The van der Waals surface area contributed by atoms with Gasteiger partial charge < -0.3 is 15.2 Å². The molecule has 3 rings (SSSR count). The molecule has 2 amide bonds. The second-order valence-electron chi connectivity index (χ2n) is 7.33. The number of nitrogens with zero attached hydrogens (tertiary/aromatic N) is 3. The van der Waals surface area contributed by atoms with Crippen LogP contribution in [0, 0.1) is 5.41 Å². The summed E-state index contributed by atoms with van der Waals surface area (Å²) in [5, 5.41) is 12.9. The van der Waals surface area contributed by atoms with Crippen molar-refractivity contribution >= 4 is 11.7 Å². The number of hydrogen-bond acceptors (Lipinski definition) is 3. The number of H-pyrrole nitrogens is 1. The average molecular weight is 352 g/mol. The lowest BCUT2D eigenvalue weighted by Crippen LogP contribution is -2.47. The quantitative estimate of drug-likeness (QED) is 0.656. The molecule has 0 spiro atoms. The Labute approximate surface area is 152 Å². The van der Waals surface area contributed by atoms with Crippen LogP contribution in [0.1, 0.15) is 20.8 Å². The van der Waals surface area contributed by atoms with Gasteiger partial charge in [0.25, 0.3) is 0 Å². The van der Waals surface area contributed by atoms with Gasteiger partial charge in [-0.15, -0.1) is 0 Å². The molecule has 7 nitrogen and oxygen atoms in total. The first-order valence-electron chi connectivity index (χ1n) is 8.55. The molecule has 3 aromatic rings. The van der Waals surface area contributed by atoms with Gasteiger partial charge in [0.1, 0.15) is 0 Å². The molecule has 7 heteroatoms. The number of nitrogens with one attached hydrogen (secondary N) is 3. The number of imidazole rings is 1. The van der Waals surface area contributed by atoms with Crippen molar-refractivity contribution in [3.05, 3.63) is 55.2 Å². The second kappa shape index (κ2) is 7.43. The van der Waals surface area contributed by atoms with E-state index in [9.17, 15) is 4.79 Å². The number of hydrogen-bond donors (Lipinski definition) is 3. The van der Waals surface area contributed by atoms with Crippen molar-refractivity contribution in [3.63, 3.8) is 0 Å². The first kappa shape index (κ1) is 17.7. The third-order valence-corrected chi connectivity index (χ3v) is 4.24. The van der Waals surface area contributed by atoms with E-state index in [1.54, 1.807) is 18.7 Å². The molecule has 0 bridgehead atoms. The van der Waals surface area contributed by atoms with Crippen molar-refractivity contribution in [3.8, 4) is 11.3 Å². The third kappa shape index (κ3) is 4.50. The molecule has 1 aromatic carbocycles. The van der Waals surface area contributed by atoms with Gasteiger partial charge >= 0.3 is 6.03 Å². The zero-order chi connectivity index (χ0) is 18.6. The van der Waals surface area contributed by atoms with Gasteiger partial charge in [0.05, 0.1) is 18.1 Å². The molecule has 0 aliphatic heterocycles. The van der Waals surface area contributed by atoms with Gasteiger partial charge in [0.2, 0.25) is 0 Å². The number of carbonyl (C=O) groups is 1. The summed E-state index contributed by atoms with van der Waals surface area (Å²) < 4.78 is 1.97. The zero-order valence-corrected chi connectivity index (χ0v) is 15.2. The number of rotatable bonds is 5. The lowest BCUT2D eigenvalue weighted by atomic mass is 9.86. The maximum Gasteiger partial charge on any atom is 0.319 e. The summed E-state index contributed by atoms with van der Waals surface area (Å²) in [6.45, 7) is 6.97. The van der Waals surface area contributed by atoms with Crippen molar-refractivity contribution in [1.29, 1.82) is 0 Å². The van der Waals surface area contributed by atoms with E-state index in [0.717, 1.165) is 16.9 Å². The maximum absolute atomic E-state index is 12.5. The number of aromatic amines is 1. The molecule has 3 N–H and O–H groups in total. The van der Waals surface area contributed by atoms with Crippen LogP contribution >= 0.6 is 0 Å². The predicted molar refractivity (Wildman–Crippen MR) is 102 cm³/mol. The largest absolute Gasteiger partial charge is 0.335 e. The molecule has 0 fully saturated rings. The van der Waals surface area contributed by atoms with E-state index >= 15 is 0 Å². The highest BCUT2D eigenvalue weighted by atomic mass is 16.2. The highest BCUT2D eigenvalue weighted by molar-refractivity contribution is 5.90. The Kier molecular flexibility index (Phi) is 5.06. The van der Waals surface area contributed by atoms with Gasteiger partial charge in [-0.1, -0.05) is 32.9 Å². The molecule has 2 heterocycles.